The second-order valence-electron chi connectivity index (χ2n) is 6.66. The highest BCUT2D eigenvalue weighted by atomic mass is 32.2. The number of ether oxygens (including phenoxy) is 3. The van der Waals surface area contributed by atoms with E-state index in [0.29, 0.717) is 38.6 Å². The maximum atomic E-state index is 13.0. The minimum atomic E-state index is -0.378. The van der Waals surface area contributed by atoms with Crippen molar-refractivity contribution in [1.82, 2.24) is 0 Å². The molecule has 31 heavy (non-hydrogen) atoms. The molecule has 0 bridgehead atoms. The molecule has 0 radical (unpaired) electrons. The van der Waals surface area contributed by atoms with E-state index in [1.807, 2.05) is 13.0 Å². The van der Waals surface area contributed by atoms with Gasteiger partial charge in [0.1, 0.15) is 11.5 Å². The lowest BCUT2D eigenvalue weighted by molar-refractivity contribution is -0.113. The van der Waals surface area contributed by atoms with Crippen molar-refractivity contribution in [3.05, 3.63) is 58.5 Å². The lowest BCUT2D eigenvalue weighted by Gasteiger charge is -2.15. The van der Waals surface area contributed by atoms with Crippen molar-refractivity contribution in [1.29, 1.82) is 0 Å². The molecule has 0 unspecified atom stereocenters. The topological polar surface area (TPSA) is 65.1 Å². The van der Waals surface area contributed by atoms with Gasteiger partial charge in [-0.2, -0.15) is 0 Å². The third kappa shape index (κ3) is 5.26. The number of carbonyl (C=O) groups excluding carboxylic acids is 2. The Hall–Kier alpha value is -2.84. The van der Waals surface area contributed by atoms with E-state index in [2.05, 4.69) is 0 Å². The van der Waals surface area contributed by atoms with Gasteiger partial charge in [-0.15, -0.1) is 0 Å². The molecular formula is C23H23NO5S2. The van der Waals surface area contributed by atoms with Crippen molar-refractivity contribution >= 4 is 51.9 Å². The summed E-state index contributed by atoms with van der Waals surface area (Å²) in [4.78, 5) is 27.0. The summed E-state index contributed by atoms with van der Waals surface area (Å²) >= 11 is 6.65. The largest absolute Gasteiger partial charge is 0.497 e. The van der Waals surface area contributed by atoms with E-state index in [0.717, 1.165) is 18.4 Å². The van der Waals surface area contributed by atoms with Gasteiger partial charge >= 0.3 is 5.97 Å². The van der Waals surface area contributed by atoms with Gasteiger partial charge in [0.05, 0.1) is 37.0 Å². The first-order valence-corrected chi connectivity index (χ1v) is 11.0. The molecule has 1 saturated heterocycles. The number of rotatable bonds is 8. The predicted molar refractivity (Wildman–Crippen MR) is 127 cm³/mol. The monoisotopic (exact) mass is 457 g/mol. The number of unbranched alkanes of at least 4 members (excludes halogenated alkanes) is 1. The Bertz CT molecular complexity index is 1020. The number of hydrogen-bond donors (Lipinski definition) is 0. The van der Waals surface area contributed by atoms with Crippen molar-refractivity contribution in [3.8, 4) is 11.5 Å². The number of methoxy groups -OCH3 is 2. The van der Waals surface area contributed by atoms with Crippen molar-refractivity contribution in [3.63, 3.8) is 0 Å². The molecule has 0 spiro atoms. The van der Waals surface area contributed by atoms with Crippen molar-refractivity contribution < 1.29 is 23.8 Å². The average molecular weight is 458 g/mol. The standard InChI is InChI=1S/C23H23NO5S2/c1-4-5-12-29-22(26)15-6-9-17(10-7-15)24-21(25)20(31-23(24)30)13-16-8-11-18(27-2)14-19(16)28-3/h6-11,13-14H,4-5,12H2,1-3H3/b20-13-. The number of thiocarbonyl (C=S) groups is 1. The summed E-state index contributed by atoms with van der Waals surface area (Å²) in [6, 6.07) is 12.0. The summed E-state index contributed by atoms with van der Waals surface area (Å²) < 4.78 is 16.3. The highest BCUT2D eigenvalue weighted by Crippen LogP contribution is 2.37. The fraction of sp³-hybridized carbons (Fsp3) is 0.261. The molecular weight excluding hydrogens is 434 g/mol. The molecule has 1 amide bonds. The van der Waals surface area contributed by atoms with Crippen LogP contribution in [0.5, 0.6) is 11.5 Å². The zero-order chi connectivity index (χ0) is 22.4. The van der Waals surface area contributed by atoms with Crippen LogP contribution in [0.4, 0.5) is 5.69 Å². The summed E-state index contributed by atoms with van der Waals surface area (Å²) in [5.74, 6) is 0.647. The van der Waals surface area contributed by atoms with Gasteiger partial charge in [-0.25, -0.2) is 4.79 Å². The Labute approximate surface area is 191 Å². The fourth-order valence-corrected chi connectivity index (χ4v) is 4.20. The van der Waals surface area contributed by atoms with Gasteiger partial charge in [-0.3, -0.25) is 9.69 Å². The molecule has 0 aromatic heterocycles. The zero-order valence-electron chi connectivity index (χ0n) is 17.5. The molecule has 3 rings (SSSR count). The quantitative estimate of drug-likeness (QED) is 0.237. The SMILES string of the molecule is CCCCOC(=O)c1ccc(N2C(=O)/C(=C/c3ccc(OC)cc3OC)SC2=S)cc1. The van der Waals surface area contributed by atoms with Crippen LogP contribution in [0.15, 0.2) is 47.4 Å². The molecule has 0 saturated carbocycles. The van der Waals surface area contributed by atoms with Gasteiger partial charge in [-0.05, 0) is 48.9 Å². The highest BCUT2D eigenvalue weighted by molar-refractivity contribution is 8.27. The van der Waals surface area contributed by atoms with Crippen LogP contribution in [0, 0.1) is 0 Å². The number of thioether (sulfide) groups is 1. The molecule has 162 valence electrons. The second kappa shape index (κ2) is 10.5. The molecule has 6 nitrogen and oxygen atoms in total. The van der Waals surface area contributed by atoms with Gasteiger partial charge < -0.3 is 14.2 Å². The fourth-order valence-electron chi connectivity index (χ4n) is 2.91. The molecule has 0 atom stereocenters. The first kappa shape index (κ1) is 22.8. The molecule has 1 fully saturated rings. The van der Waals surface area contributed by atoms with E-state index in [9.17, 15) is 9.59 Å². The predicted octanol–water partition coefficient (Wildman–Crippen LogP) is 5.07. The van der Waals surface area contributed by atoms with Gasteiger partial charge in [0.25, 0.3) is 5.91 Å². The smallest absolute Gasteiger partial charge is 0.338 e. The lowest BCUT2D eigenvalue weighted by atomic mass is 10.1. The van der Waals surface area contributed by atoms with Crippen molar-refractivity contribution in [2.45, 2.75) is 19.8 Å². The van der Waals surface area contributed by atoms with Crippen LogP contribution < -0.4 is 14.4 Å². The first-order valence-electron chi connectivity index (χ1n) is 9.75. The van der Waals surface area contributed by atoms with Crippen molar-refractivity contribution in [2.75, 3.05) is 25.7 Å². The maximum Gasteiger partial charge on any atom is 0.338 e. The first-order chi connectivity index (χ1) is 15.0. The average Bonchev–Trinajstić information content (AvgIpc) is 3.06. The number of nitrogens with zero attached hydrogens (tertiary/aromatic N) is 1. The van der Waals surface area contributed by atoms with Crippen LogP contribution in [0.1, 0.15) is 35.7 Å². The normalized spacial score (nSPS) is 14.8. The Morgan fingerprint density at radius 3 is 2.52 bits per heavy atom. The third-order valence-electron chi connectivity index (χ3n) is 4.61. The van der Waals surface area contributed by atoms with E-state index >= 15 is 0 Å². The summed E-state index contributed by atoms with van der Waals surface area (Å²) in [6.45, 7) is 2.43. The maximum absolute atomic E-state index is 13.0. The van der Waals surface area contributed by atoms with Crippen LogP contribution in [0.2, 0.25) is 0 Å². The second-order valence-corrected chi connectivity index (χ2v) is 8.34. The molecule has 0 N–H and O–H groups in total. The van der Waals surface area contributed by atoms with Gasteiger partial charge in [-0.1, -0.05) is 37.3 Å². The van der Waals surface area contributed by atoms with E-state index in [4.69, 9.17) is 26.4 Å². The third-order valence-corrected chi connectivity index (χ3v) is 5.92. The van der Waals surface area contributed by atoms with E-state index in [1.165, 1.54) is 16.7 Å². The molecule has 8 heteroatoms. The van der Waals surface area contributed by atoms with Crippen LogP contribution in [0.25, 0.3) is 6.08 Å². The minimum absolute atomic E-state index is 0.230. The molecule has 2 aromatic carbocycles. The molecule has 1 aliphatic heterocycles. The minimum Gasteiger partial charge on any atom is -0.497 e. The van der Waals surface area contributed by atoms with E-state index < -0.39 is 0 Å². The van der Waals surface area contributed by atoms with E-state index in [-0.39, 0.29) is 11.9 Å². The number of anilines is 1. The Morgan fingerprint density at radius 1 is 1.13 bits per heavy atom. The van der Waals surface area contributed by atoms with Crippen molar-refractivity contribution in [2.24, 2.45) is 0 Å². The van der Waals surface area contributed by atoms with Crippen LogP contribution in [-0.4, -0.2) is 37.0 Å². The van der Waals surface area contributed by atoms with E-state index in [1.54, 1.807) is 56.7 Å². The lowest BCUT2D eigenvalue weighted by Crippen LogP contribution is -2.27. The number of carbonyl (C=O) groups is 2. The summed E-state index contributed by atoms with van der Waals surface area (Å²) in [5.41, 5.74) is 1.77. The summed E-state index contributed by atoms with van der Waals surface area (Å²) in [5, 5.41) is 0. The zero-order valence-corrected chi connectivity index (χ0v) is 19.2. The van der Waals surface area contributed by atoms with Crippen LogP contribution in [0.3, 0.4) is 0 Å². The molecule has 0 aliphatic carbocycles. The summed E-state index contributed by atoms with van der Waals surface area (Å²) in [6.07, 6.45) is 3.53. The molecule has 1 aliphatic rings. The Balaban J connectivity index is 1.79. The summed E-state index contributed by atoms with van der Waals surface area (Å²) in [7, 11) is 3.14. The van der Waals surface area contributed by atoms with Crippen LogP contribution >= 0.6 is 24.0 Å². The molecule has 2 aromatic rings. The number of amides is 1. The van der Waals surface area contributed by atoms with Gasteiger partial charge in [0.15, 0.2) is 4.32 Å². The van der Waals surface area contributed by atoms with Crippen LogP contribution in [-0.2, 0) is 9.53 Å². The van der Waals surface area contributed by atoms with Gasteiger partial charge in [0, 0.05) is 11.6 Å². The Morgan fingerprint density at radius 2 is 1.87 bits per heavy atom. The number of benzene rings is 2. The van der Waals surface area contributed by atoms with Gasteiger partial charge in [0.2, 0.25) is 0 Å². The number of hydrogen-bond acceptors (Lipinski definition) is 7. The highest BCUT2D eigenvalue weighted by Gasteiger charge is 2.33. The Kier molecular flexibility index (Phi) is 7.70. The molecule has 1 heterocycles. The number of esters is 1.